The largest absolute Gasteiger partial charge is 0.494 e. The molecular weight excluding hydrogens is 262 g/mol. The molecule has 114 valence electrons. The predicted octanol–water partition coefficient (Wildman–Crippen LogP) is 5.10. The molecule has 0 aromatic heterocycles. The van der Waals surface area contributed by atoms with Crippen LogP contribution in [0.25, 0.3) is 0 Å². The van der Waals surface area contributed by atoms with Crippen molar-refractivity contribution in [3.05, 3.63) is 23.8 Å². The quantitative estimate of drug-likeness (QED) is 0.557. The maximum Gasteiger partial charge on any atom is 0.204 e. The third-order valence-corrected chi connectivity index (χ3v) is 3.24. The molecule has 0 saturated heterocycles. The lowest BCUT2D eigenvalue weighted by Crippen LogP contribution is -2.02. The van der Waals surface area contributed by atoms with Gasteiger partial charge in [0.1, 0.15) is 0 Å². The molecule has 0 aliphatic carbocycles. The Balaban J connectivity index is 2.24. The molecule has 0 fully saturated rings. The van der Waals surface area contributed by atoms with Crippen LogP contribution in [0.5, 0.6) is 11.5 Å². The van der Waals surface area contributed by atoms with Crippen LogP contribution >= 0.6 is 0 Å². The minimum Gasteiger partial charge on any atom is -0.494 e. The maximum absolute atomic E-state index is 13.6. The first kappa shape index (κ1) is 16.7. The fourth-order valence-electron chi connectivity index (χ4n) is 2.02. The minimum atomic E-state index is -0.996. The molecule has 0 aliphatic rings. The van der Waals surface area contributed by atoms with E-state index in [1.807, 2.05) is 0 Å². The first-order valence-corrected chi connectivity index (χ1v) is 7.35. The Bertz CT molecular complexity index is 394. The summed E-state index contributed by atoms with van der Waals surface area (Å²) in [5.74, 6) is -2.13. The number of hydrogen-bond donors (Lipinski definition) is 0. The monoisotopic (exact) mass is 286 g/mol. The third-order valence-electron chi connectivity index (χ3n) is 3.24. The predicted molar refractivity (Wildman–Crippen MR) is 76.4 cm³/mol. The van der Waals surface area contributed by atoms with E-state index in [2.05, 4.69) is 6.92 Å². The number of methoxy groups -OCH3 is 1. The molecule has 0 unspecified atom stereocenters. The summed E-state index contributed by atoms with van der Waals surface area (Å²) in [6.45, 7) is 2.60. The number of rotatable bonds is 10. The van der Waals surface area contributed by atoms with Gasteiger partial charge in [0.15, 0.2) is 11.5 Å². The molecular formula is C16H24F2O2. The fourth-order valence-corrected chi connectivity index (χ4v) is 2.02. The first-order valence-electron chi connectivity index (χ1n) is 7.35. The van der Waals surface area contributed by atoms with Crippen LogP contribution in [0.1, 0.15) is 51.9 Å². The highest BCUT2D eigenvalue weighted by molar-refractivity contribution is 5.34. The molecule has 4 heteroatoms. The van der Waals surface area contributed by atoms with Gasteiger partial charge in [-0.3, -0.25) is 0 Å². The van der Waals surface area contributed by atoms with Crippen LogP contribution in [0.4, 0.5) is 8.78 Å². The SMILES string of the molecule is CCCCCCCCCOc1ccc(OC)c(F)c1F. The Kier molecular flexibility index (Phi) is 8.00. The van der Waals surface area contributed by atoms with Crippen molar-refractivity contribution in [3.8, 4) is 11.5 Å². The summed E-state index contributed by atoms with van der Waals surface area (Å²) in [7, 11) is 1.30. The van der Waals surface area contributed by atoms with Crippen molar-refractivity contribution >= 4 is 0 Å². The Hall–Kier alpha value is -1.32. The average molecular weight is 286 g/mol. The van der Waals surface area contributed by atoms with Gasteiger partial charge in [-0.1, -0.05) is 45.4 Å². The van der Waals surface area contributed by atoms with Gasteiger partial charge in [0.25, 0.3) is 0 Å². The molecule has 0 N–H and O–H groups in total. The number of hydrogen-bond acceptors (Lipinski definition) is 2. The van der Waals surface area contributed by atoms with Crippen LogP contribution in [-0.4, -0.2) is 13.7 Å². The van der Waals surface area contributed by atoms with Gasteiger partial charge in [-0.05, 0) is 18.6 Å². The molecule has 20 heavy (non-hydrogen) atoms. The van der Waals surface area contributed by atoms with Gasteiger partial charge < -0.3 is 9.47 Å². The van der Waals surface area contributed by atoms with Crippen molar-refractivity contribution in [2.24, 2.45) is 0 Å². The molecule has 0 bridgehead atoms. The molecule has 1 aromatic carbocycles. The molecule has 1 aromatic rings. The smallest absolute Gasteiger partial charge is 0.204 e. The van der Waals surface area contributed by atoms with E-state index in [1.165, 1.54) is 51.3 Å². The summed E-state index contributed by atoms with van der Waals surface area (Å²) < 4.78 is 37.0. The van der Waals surface area contributed by atoms with Crippen molar-refractivity contribution < 1.29 is 18.3 Å². The molecule has 1 rings (SSSR count). The van der Waals surface area contributed by atoms with Crippen LogP contribution in [0, 0.1) is 11.6 Å². The van der Waals surface area contributed by atoms with E-state index in [9.17, 15) is 8.78 Å². The number of unbranched alkanes of at least 4 members (excludes halogenated alkanes) is 6. The molecule has 0 heterocycles. The molecule has 0 radical (unpaired) electrons. The second kappa shape index (κ2) is 9.56. The topological polar surface area (TPSA) is 18.5 Å². The summed E-state index contributed by atoms with van der Waals surface area (Å²) >= 11 is 0. The van der Waals surface area contributed by atoms with Crippen molar-refractivity contribution in [3.63, 3.8) is 0 Å². The van der Waals surface area contributed by atoms with Crippen LogP contribution in [0.2, 0.25) is 0 Å². The van der Waals surface area contributed by atoms with Crippen molar-refractivity contribution in [1.82, 2.24) is 0 Å². The maximum atomic E-state index is 13.6. The lowest BCUT2D eigenvalue weighted by molar-refractivity contribution is 0.280. The van der Waals surface area contributed by atoms with Gasteiger partial charge in [0, 0.05) is 0 Å². The normalized spacial score (nSPS) is 10.6. The van der Waals surface area contributed by atoms with Crippen LogP contribution in [0.3, 0.4) is 0 Å². The fraction of sp³-hybridized carbons (Fsp3) is 0.625. The Morgan fingerprint density at radius 2 is 1.40 bits per heavy atom. The van der Waals surface area contributed by atoms with Gasteiger partial charge in [0.2, 0.25) is 11.6 Å². The zero-order chi connectivity index (χ0) is 14.8. The van der Waals surface area contributed by atoms with Crippen LogP contribution in [-0.2, 0) is 0 Å². The van der Waals surface area contributed by atoms with Crippen LogP contribution < -0.4 is 9.47 Å². The summed E-state index contributed by atoms with van der Waals surface area (Å²) in [6.07, 6.45) is 8.12. The van der Waals surface area contributed by atoms with Crippen LogP contribution in [0.15, 0.2) is 12.1 Å². The summed E-state index contributed by atoms with van der Waals surface area (Å²) in [6, 6.07) is 2.77. The second-order valence-electron chi connectivity index (χ2n) is 4.86. The average Bonchev–Trinajstić information content (AvgIpc) is 2.46. The molecule has 0 spiro atoms. The highest BCUT2D eigenvalue weighted by Crippen LogP contribution is 2.27. The summed E-state index contributed by atoms with van der Waals surface area (Å²) in [4.78, 5) is 0. The minimum absolute atomic E-state index is 0.0470. The molecule has 0 atom stereocenters. The number of ether oxygens (including phenoxy) is 2. The van der Waals surface area contributed by atoms with E-state index in [1.54, 1.807) is 0 Å². The molecule has 0 aliphatic heterocycles. The zero-order valence-corrected chi connectivity index (χ0v) is 12.4. The Morgan fingerprint density at radius 3 is 2.05 bits per heavy atom. The van der Waals surface area contributed by atoms with Gasteiger partial charge in [-0.25, -0.2) is 0 Å². The van der Waals surface area contributed by atoms with Gasteiger partial charge >= 0.3 is 0 Å². The van der Waals surface area contributed by atoms with E-state index >= 15 is 0 Å². The first-order chi connectivity index (χ1) is 9.70. The Morgan fingerprint density at radius 1 is 0.850 bits per heavy atom. The van der Waals surface area contributed by atoms with E-state index < -0.39 is 11.6 Å². The lowest BCUT2D eigenvalue weighted by atomic mass is 10.1. The number of benzene rings is 1. The van der Waals surface area contributed by atoms with Gasteiger partial charge in [-0.15, -0.1) is 0 Å². The lowest BCUT2D eigenvalue weighted by Gasteiger charge is -2.09. The number of halogens is 2. The van der Waals surface area contributed by atoms with E-state index in [-0.39, 0.29) is 11.5 Å². The van der Waals surface area contributed by atoms with Crippen molar-refractivity contribution in [1.29, 1.82) is 0 Å². The molecule has 0 saturated carbocycles. The van der Waals surface area contributed by atoms with Crippen molar-refractivity contribution in [2.75, 3.05) is 13.7 Å². The summed E-state index contributed by atoms with van der Waals surface area (Å²) in [5, 5.41) is 0. The third kappa shape index (κ3) is 5.35. The highest BCUT2D eigenvalue weighted by Gasteiger charge is 2.14. The van der Waals surface area contributed by atoms with Gasteiger partial charge in [0.05, 0.1) is 13.7 Å². The van der Waals surface area contributed by atoms with Crippen molar-refractivity contribution in [2.45, 2.75) is 51.9 Å². The van der Waals surface area contributed by atoms with E-state index in [0.717, 1.165) is 12.8 Å². The van der Waals surface area contributed by atoms with E-state index in [0.29, 0.717) is 6.61 Å². The Labute approximate surface area is 120 Å². The highest BCUT2D eigenvalue weighted by atomic mass is 19.2. The molecule has 2 nitrogen and oxygen atoms in total. The standard InChI is InChI=1S/C16H24F2O2/c1-3-4-5-6-7-8-9-12-20-14-11-10-13(19-2)15(17)16(14)18/h10-11H,3-9,12H2,1-2H3. The second-order valence-corrected chi connectivity index (χ2v) is 4.86. The zero-order valence-electron chi connectivity index (χ0n) is 12.4. The van der Waals surface area contributed by atoms with Gasteiger partial charge in [-0.2, -0.15) is 8.78 Å². The molecule has 0 amide bonds. The van der Waals surface area contributed by atoms with E-state index in [4.69, 9.17) is 9.47 Å². The summed E-state index contributed by atoms with van der Waals surface area (Å²) in [5.41, 5.74) is 0.